The fourth-order valence-electron chi connectivity index (χ4n) is 2.81. The Kier molecular flexibility index (Phi) is 7.70. The van der Waals surface area contributed by atoms with Crippen molar-refractivity contribution in [1.29, 1.82) is 0 Å². The molecule has 0 aliphatic heterocycles. The maximum absolute atomic E-state index is 13.2. The highest BCUT2D eigenvalue weighted by molar-refractivity contribution is 6.30. The number of benzene rings is 2. The monoisotopic (exact) mass is 348 g/mol. The topological polar surface area (TPSA) is 15.3 Å². The minimum atomic E-state index is -0.199. The van der Waals surface area contributed by atoms with Gasteiger partial charge in [-0.05, 0) is 82.0 Å². The summed E-state index contributed by atoms with van der Waals surface area (Å²) in [7, 11) is 4.18. The van der Waals surface area contributed by atoms with Crippen molar-refractivity contribution in [2.24, 2.45) is 0 Å². The van der Waals surface area contributed by atoms with Crippen molar-refractivity contribution in [2.75, 3.05) is 33.7 Å². The number of rotatable bonds is 9. The van der Waals surface area contributed by atoms with Crippen LogP contribution in [0.3, 0.4) is 0 Å². The third kappa shape index (κ3) is 6.23. The van der Waals surface area contributed by atoms with Gasteiger partial charge in [-0.25, -0.2) is 4.39 Å². The Labute approximate surface area is 149 Å². The Balaban J connectivity index is 1.98. The predicted octanol–water partition coefficient (Wildman–Crippen LogP) is 4.54. The van der Waals surface area contributed by atoms with Crippen molar-refractivity contribution in [2.45, 2.75) is 18.8 Å². The van der Waals surface area contributed by atoms with E-state index in [9.17, 15) is 4.39 Å². The highest BCUT2D eigenvalue weighted by atomic mass is 35.5. The molecule has 0 heterocycles. The molecular weight excluding hydrogens is 323 g/mol. The van der Waals surface area contributed by atoms with Crippen LogP contribution < -0.4 is 5.32 Å². The van der Waals surface area contributed by atoms with Gasteiger partial charge in [-0.3, -0.25) is 0 Å². The van der Waals surface area contributed by atoms with Crippen molar-refractivity contribution < 1.29 is 4.39 Å². The molecule has 0 spiro atoms. The average Bonchev–Trinajstić information content (AvgIpc) is 2.56. The summed E-state index contributed by atoms with van der Waals surface area (Å²) < 4.78 is 13.2. The van der Waals surface area contributed by atoms with Crippen LogP contribution in [0.1, 0.15) is 29.9 Å². The lowest BCUT2D eigenvalue weighted by Gasteiger charge is -2.19. The number of nitrogens with zero attached hydrogens (tertiary/aromatic N) is 1. The lowest BCUT2D eigenvalue weighted by atomic mass is 9.88. The van der Waals surface area contributed by atoms with Crippen LogP contribution in [-0.4, -0.2) is 38.6 Å². The van der Waals surface area contributed by atoms with Crippen LogP contribution in [-0.2, 0) is 0 Å². The summed E-state index contributed by atoms with van der Waals surface area (Å²) in [6.45, 7) is 3.03. The van der Waals surface area contributed by atoms with Crippen LogP contribution in [0.2, 0.25) is 5.02 Å². The summed E-state index contributed by atoms with van der Waals surface area (Å²) in [5, 5.41) is 4.24. The van der Waals surface area contributed by atoms with Gasteiger partial charge in [0.15, 0.2) is 0 Å². The quantitative estimate of drug-likeness (QED) is 0.669. The molecule has 1 atom stereocenters. The van der Waals surface area contributed by atoms with Gasteiger partial charge in [-0.1, -0.05) is 35.9 Å². The van der Waals surface area contributed by atoms with Gasteiger partial charge in [-0.2, -0.15) is 0 Å². The van der Waals surface area contributed by atoms with Gasteiger partial charge >= 0.3 is 0 Å². The van der Waals surface area contributed by atoms with Gasteiger partial charge in [-0.15, -0.1) is 0 Å². The van der Waals surface area contributed by atoms with Gasteiger partial charge in [0.1, 0.15) is 5.82 Å². The molecule has 0 aromatic heterocycles. The summed E-state index contributed by atoms with van der Waals surface area (Å²) in [6.07, 6.45) is 2.10. The van der Waals surface area contributed by atoms with Crippen LogP contribution >= 0.6 is 11.6 Å². The van der Waals surface area contributed by atoms with E-state index in [2.05, 4.69) is 36.4 Å². The molecule has 0 unspecified atom stereocenters. The van der Waals surface area contributed by atoms with E-state index >= 15 is 0 Å². The number of hydrogen-bond acceptors (Lipinski definition) is 2. The molecule has 0 saturated carbocycles. The maximum atomic E-state index is 13.2. The first-order chi connectivity index (χ1) is 11.6. The van der Waals surface area contributed by atoms with E-state index in [1.54, 1.807) is 0 Å². The molecule has 2 rings (SSSR count). The summed E-state index contributed by atoms with van der Waals surface area (Å²) in [4.78, 5) is 2.19. The minimum absolute atomic E-state index is 0.199. The average molecular weight is 349 g/mol. The van der Waals surface area contributed by atoms with E-state index in [1.165, 1.54) is 17.7 Å². The Hall–Kier alpha value is -1.42. The lowest BCUT2D eigenvalue weighted by molar-refractivity contribution is 0.394. The zero-order chi connectivity index (χ0) is 17.4. The minimum Gasteiger partial charge on any atom is -0.317 e. The van der Waals surface area contributed by atoms with Crippen molar-refractivity contribution in [3.8, 4) is 0 Å². The molecule has 0 amide bonds. The molecular formula is C20H26ClFN2. The molecule has 2 aromatic carbocycles. The van der Waals surface area contributed by atoms with Gasteiger partial charge in [0.25, 0.3) is 0 Å². The van der Waals surface area contributed by atoms with E-state index < -0.39 is 0 Å². The third-order valence-electron chi connectivity index (χ3n) is 4.11. The van der Waals surface area contributed by atoms with Gasteiger partial charge in [0.2, 0.25) is 0 Å². The van der Waals surface area contributed by atoms with E-state index in [-0.39, 0.29) is 11.7 Å². The van der Waals surface area contributed by atoms with Crippen LogP contribution in [0.5, 0.6) is 0 Å². The van der Waals surface area contributed by atoms with E-state index in [0.717, 1.165) is 43.1 Å². The first-order valence-electron chi connectivity index (χ1n) is 8.42. The Bertz CT molecular complexity index is 551. The van der Waals surface area contributed by atoms with Crippen LogP contribution in [0.25, 0.3) is 0 Å². The second-order valence-corrected chi connectivity index (χ2v) is 6.79. The molecule has 2 aromatic rings. The third-order valence-corrected chi connectivity index (χ3v) is 4.37. The molecule has 1 N–H and O–H groups in total. The molecule has 0 saturated heterocycles. The van der Waals surface area contributed by atoms with Crippen molar-refractivity contribution >= 4 is 11.6 Å². The number of halogens is 2. The largest absolute Gasteiger partial charge is 0.317 e. The fraction of sp³-hybridized carbons (Fsp3) is 0.400. The lowest BCUT2D eigenvalue weighted by Crippen LogP contribution is -2.23. The van der Waals surface area contributed by atoms with Gasteiger partial charge < -0.3 is 10.2 Å². The second kappa shape index (κ2) is 9.77. The smallest absolute Gasteiger partial charge is 0.123 e. The summed E-state index contributed by atoms with van der Waals surface area (Å²) in [5.41, 5.74) is 2.34. The van der Waals surface area contributed by atoms with Crippen molar-refractivity contribution in [1.82, 2.24) is 10.2 Å². The first-order valence-corrected chi connectivity index (χ1v) is 8.80. The van der Waals surface area contributed by atoms with Crippen LogP contribution in [0.4, 0.5) is 4.39 Å². The molecule has 0 aliphatic rings. The molecule has 24 heavy (non-hydrogen) atoms. The molecule has 0 aliphatic carbocycles. The molecule has 0 fully saturated rings. The van der Waals surface area contributed by atoms with E-state index in [0.29, 0.717) is 0 Å². The van der Waals surface area contributed by atoms with E-state index in [4.69, 9.17) is 11.6 Å². The zero-order valence-corrected chi connectivity index (χ0v) is 15.2. The molecule has 0 radical (unpaired) electrons. The van der Waals surface area contributed by atoms with Crippen molar-refractivity contribution in [3.05, 3.63) is 70.5 Å². The highest BCUT2D eigenvalue weighted by Gasteiger charge is 2.14. The van der Waals surface area contributed by atoms with Crippen LogP contribution in [0, 0.1) is 5.82 Å². The molecule has 0 bridgehead atoms. The van der Waals surface area contributed by atoms with Crippen molar-refractivity contribution in [3.63, 3.8) is 0 Å². The summed E-state index contributed by atoms with van der Waals surface area (Å²) >= 11 is 6.00. The number of hydrogen-bond donors (Lipinski definition) is 1. The molecule has 130 valence electrons. The van der Waals surface area contributed by atoms with Gasteiger partial charge in [0.05, 0.1) is 0 Å². The second-order valence-electron chi connectivity index (χ2n) is 6.35. The first kappa shape index (κ1) is 18.9. The Morgan fingerprint density at radius 2 is 1.54 bits per heavy atom. The Morgan fingerprint density at radius 3 is 2.12 bits per heavy atom. The zero-order valence-electron chi connectivity index (χ0n) is 14.4. The maximum Gasteiger partial charge on any atom is 0.123 e. The highest BCUT2D eigenvalue weighted by Crippen LogP contribution is 2.28. The van der Waals surface area contributed by atoms with Gasteiger partial charge in [0, 0.05) is 10.9 Å². The number of nitrogens with one attached hydrogen (secondary N) is 1. The summed E-state index contributed by atoms with van der Waals surface area (Å²) in [6, 6.07) is 14.8. The summed E-state index contributed by atoms with van der Waals surface area (Å²) in [5.74, 6) is 0.0413. The fourth-order valence-corrected chi connectivity index (χ4v) is 2.93. The van der Waals surface area contributed by atoms with Crippen LogP contribution in [0.15, 0.2) is 48.5 Å². The molecule has 2 nitrogen and oxygen atoms in total. The predicted molar refractivity (Wildman–Crippen MR) is 100 cm³/mol. The van der Waals surface area contributed by atoms with E-state index in [1.807, 2.05) is 24.3 Å². The normalized spacial score (nSPS) is 12.5. The SMILES string of the molecule is CN(C)CCCNCC[C@@H](c1ccc(F)cc1)c1ccc(Cl)cc1. The Morgan fingerprint density at radius 1 is 0.958 bits per heavy atom. The molecule has 4 heteroatoms. The standard InChI is InChI=1S/C20H26ClFN2/c1-24(2)15-3-13-23-14-12-20(16-4-8-18(21)9-5-16)17-6-10-19(22)11-7-17/h4-11,20,23H,3,12-15H2,1-2H3/t20-/m1/s1.